The number of halogens is 1. The molecule has 0 fully saturated rings. The third-order valence-electron chi connectivity index (χ3n) is 3.81. The van der Waals surface area contributed by atoms with Crippen LogP contribution in [0.1, 0.15) is 35.2 Å². The van der Waals surface area contributed by atoms with Gasteiger partial charge in [0, 0.05) is 26.9 Å². The van der Waals surface area contributed by atoms with Crippen molar-refractivity contribution in [3.63, 3.8) is 0 Å². The first-order chi connectivity index (χ1) is 11.7. The van der Waals surface area contributed by atoms with E-state index in [0.29, 0.717) is 5.56 Å². The predicted molar refractivity (Wildman–Crippen MR) is 100.0 cm³/mol. The van der Waals surface area contributed by atoms with Gasteiger partial charge in [0.25, 0.3) is 5.91 Å². The highest BCUT2D eigenvalue weighted by atomic mass is 35.5. The number of carbonyl (C=O) groups is 1. The van der Waals surface area contributed by atoms with Crippen molar-refractivity contribution in [1.82, 2.24) is 10.9 Å². The molecule has 1 amide bonds. The van der Waals surface area contributed by atoms with Crippen LogP contribution in [0.25, 0.3) is 0 Å². The molecule has 124 valence electrons. The minimum Gasteiger partial charge on any atom is -0.303 e. The molecule has 0 heterocycles. The lowest BCUT2D eigenvalue weighted by molar-refractivity contribution is 0.0938. The summed E-state index contributed by atoms with van der Waals surface area (Å²) in [5, 5.41) is 0.747. The third-order valence-corrected chi connectivity index (χ3v) is 5.15. The Morgan fingerprint density at radius 1 is 1.08 bits per heavy atom. The van der Waals surface area contributed by atoms with Crippen LogP contribution in [0, 0.1) is 0 Å². The maximum atomic E-state index is 12.1. The highest BCUT2D eigenvalue weighted by Crippen LogP contribution is 2.24. The van der Waals surface area contributed by atoms with Crippen LogP contribution < -0.4 is 10.9 Å². The Balaban J connectivity index is 1.50. The number of hydrogen-bond donors (Lipinski definition) is 2. The molecule has 0 saturated carbocycles. The van der Waals surface area contributed by atoms with Crippen molar-refractivity contribution in [3.8, 4) is 0 Å². The van der Waals surface area contributed by atoms with E-state index in [0.717, 1.165) is 35.7 Å². The molecule has 24 heavy (non-hydrogen) atoms. The SMILES string of the molecule is O=C(NNC1=CCCC1)c1ccc(CSc2ccc(Cl)cc2)cc1. The first-order valence-corrected chi connectivity index (χ1v) is 9.30. The number of carbonyl (C=O) groups excluding carboxylic acids is 1. The van der Waals surface area contributed by atoms with E-state index >= 15 is 0 Å². The van der Waals surface area contributed by atoms with Gasteiger partial charge in [0.2, 0.25) is 0 Å². The molecule has 0 spiro atoms. The van der Waals surface area contributed by atoms with Crippen LogP contribution in [0.2, 0.25) is 5.02 Å². The highest BCUT2D eigenvalue weighted by molar-refractivity contribution is 7.98. The second-order valence-electron chi connectivity index (χ2n) is 5.64. The van der Waals surface area contributed by atoms with E-state index < -0.39 is 0 Å². The largest absolute Gasteiger partial charge is 0.303 e. The molecule has 1 aliphatic carbocycles. The van der Waals surface area contributed by atoms with Gasteiger partial charge in [-0.3, -0.25) is 10.2 Å². The Bertz CT molecular complexity index is 726. The van der Waals surface area contributed by atoms with Crippen molar-refractivity contribution < 1.29 is 4.79 Å². The molecular formula is C19H19ClN2OS. The fourth-order valence-corrected chi connectivity index (χ4v) is 3.42. The van der Waals surface area contributed by atoms with Gasteiger partial charge in [-0.25, -0.2) is 0 Å². The topological polar surface area (TPSA) is 41.1 Å². The van der Waals surface area contributed by atoms with Crippen molar-refractivity contribution in [2.45, 2.75) is 29.9 Å². The summed E-state index contributed by atoms with van der Waals surface area (Å²) in [6, 6.07) is 15.5. The Labute approximate surface area is 151 Å². The van der Waals surface area contributed by atoms with E-state index in [1.54, 1.807) is 11.8 Å². The predicted octanol–water partition coefficient (Wildman–Crippen LogP) is 4.93. The lowest BCUT2D eigenvalue weighted by Gasteiger charge is -2.09. The van der Waals surface area contributed by atoms with E-state index in [2.05, 4.69) is 16.9 Å². The number of hydrogen-bond acceptors (Lipinski definition) is 3. The molecule has 3 nitrogen and oxygen atoms in total. The van der Waals surface area contributed by atoms with E-state index in [1.807, 2.05) is 48.5 Å². The summed E-state index contributed by atoms with van der Waals surface area (Å²) in [5.74, 6) is 0.744. The molecule has 0 radical (unpaired) electrons. The fraction of sp³-hybridized carbons (Fsp3) is 0.211. The second kappa shape index (κ2) is 8.27. The molecule has 1 aliphatic rings. The van der Waals surface area contributed by atoms with Gasteiger partial charge in [0.15, 0.2) is 0 Å². The first kappa shape index (κ1) is 16.9. The molecule has 0 atom stereocenters. The third kappa shape index (κ3) is 4.79. The van der Waals surface area contributed by atoms with Crippen LogP contribution in [0.15, 0.2) is 65.2 Å². The van der Waals surface area contributed by atoms with Crippen LogP contribution in [0.3, 0.4) is 0 Å². The average molecular weight is 359 g/mol. The van der Waals surface area contributed by atoms with Gasteiger partial charge in [-0.15, -0.1) is 11.8 Å². The number of benzene rings is 2. The van der Waals surface area contributed by atoms with E-state index in [-0.39, 0.29) is 5.91 Å². The van der Waals surface area contributed by atoms with Gasteiger partial charge in [0.1, 0.15) is 0 Å². The number of amides is 1. The molecule has 5 heteroatoms. The van der Waals surface area contributed by atoms with Crippen molar-refractivity contribution in [2.75, 3.05) is 0 Å². The fourth-order valence-electron chi connectivity index (χ4n) is 2.44. The average Bonchev–Trinajstić information content (AvgIpc) is 3.13. The second-order valence-corrected chi connectivity index (χ2v) is 7.13. The van der Waals surface area contributed by atoms with Crippen LogP contribution in [-0.4, -0.2) is 5.91 Å². The van der Waals surface area contributed by atoms with Crippen molar-refractivity contribution >= 4 is 29.3 Å². The number of nitrogens with one attached hydrogen (secondary N) is 2. The van der Waals surface area contributed by atoms with Crippen molar-refractivity contribution in [2.24, 2.45) is 0 Å². The summed E-state index contributed by atoms with van der Waals surface area (Å²) < 4.78 is 0. The summed E-state index contributed by atoms with van der Waals surface area (Å²) in [6.45, 7) is 0. The standard InChI is InChI=1S/C19H19ClN2OS/c20-16-9-11-18(12-10-16)24-13-14-5-7-15(8-6-14)19(23)22-21-17-3-1-2-4-17/h3,5-12,21H,1-2,4,13H2,(H,22,23). The van der Waals surface area contributed by atoms with Gasteiger partial charge in [-0.05, 0) is 61.2 Å². The number of hydrazine groups is 1. The number of rotatable bonds is 6. The first-order valence-electron chi connectivity index (χ1n) is 7.93. The summed E-state index contributed by atoms with van der Waals surface area (Å²) in [5.41, 5.74) is 8.67. The lowest BCUT2D eigenvalue weighted by Crippen LogP contribution is -2.36. The summed E-state index contributed by atoms with van der Waals surface area (Å²) >= 11 is 7.63. The smallest absolute Gasteiger partial charge is 0.269 e. The van der Waals surface area contributed by atoms with Gasteiger partial charge in [-0.1, -0.05) is 29.8 Å². The molecule has 0 aliphatic heterocycles. The highest BCUT2D eigenvalue weighted by Gasteiger charge is 2.08. The zero-order chi connectivity index (χ0) is 16.8. The quantitative estimate of drug-likeness (QED) is 0.568. The molecule has 0 bridgehead atoms. The molecule has 3 rings (SSSR count). The number of allylic oxidation sites excluding steroid dienone is 2. The molecule has 0 saturated heterocycles. The van der Waals surface area contributed by atoms with Crippen LogP contribution in [0.4, 0.5) is 0 Å². The van der Waals surface area contributed by atoms with Gasteiger partial charge in [0.05, 0.1) is 0 Å². The van der Waals surface area contributed by atoms with Crippen LogP contribution in [-0.2, 0) is 5.75 Å². The van der Waals surface area contributed by atoms with Gasteiger partial charge >= 0.3 is 0 Å². The van der Waals surface area contributed by atoms with E-state index in [9.17, 15) is 4.79 Å². The molecular weight excluding hydrogens is 340 g/mol. The normalized spacial score (nSPS) is 13.5. The molecule has 2 aromatic rings. The maximum Gasteiger partial charge on any atom is 0.269 e. The van der Waals surface area contributed by atoms with Gasteiger partial charge in [-0.2, -0.15) is 0 Å². The van der Waals surface area contributed by atoms with Crippen molar-refractivity contribution in [3.05, 3.63) is 76.5 Å². The minimum absolute atomic E-state index is 0.111. The van der Waals surface area contributed by atoms with Crippen LogP contribution >= 0.6 is 23.4 Å². The minimum atomic E-state index is -0.111. The Morgan fingerprint density at radius 3 is 2.50 bits per heavy atom. The zero-order valence-corrected chi connectivity index (χ0v) is 14.8. The number of thioether (sulfide) groups is 1. The maximum absolute atomic E-state index is 12.1. The van der Waals surface area contributed by atoms with E-state index in [1.165, 1.54) is 10.5 Å². The lowest BCUT2D eigenvalue weighted by atomic mass is 10.1. The summed E-state index contributed by atoms with van der Waals surface area (Å²) in [7, 11) is 0. The summed E-state index contributed by atoms with van der Waals surface area (Å²) in [4.78, 5) is 13.3. The zero-order valence-electron chi connectivity index (χ0n) is 13.2. The molecule has 2 aromatic carbocycles. The Kier molecular flexibility index (Phi) is 5.83. The Morgan fingerprint density at radius 2 is 1.83 bits per heavy atom. The van der Waals surface area contributed by atoms with E-state index in [4.69, 9.17) is 11.6 Å². The molecule has 0 aromatic heterocycles. The van der Waals surface area contributed by atoms with Gasteiger partial charge < -0.3 is 5.43 Å². The monoisotopic (exact) mass is 358 g/mol. The summed E-state index contributed by atoms with van der Waals surface area (Å²) in [6.07, 6.45) is 5.36. The van der Waals surface area contributed by atoms with Crippen molar-refractivity contribution in [1.29, 1.82) is 0 Å². The Hall–Kier alpha value is -1.91. The molecule has 2 N–H and O–H groups in total. The van der Waals surface area contributed by atoms with Crippen LogP contribution in [0.5, 0.6) is 0 Å². The molecule has 0 unspecified atom stereocenters.